The van der Waals surface area contributed by atoms with Gasteiger partial charge >= 0.3 is 0 Å². The minimum absolute atomic E-state index is 0.0108. The summed E-state index contributed by atoms with van der Waals surface area (Å²) in [6, 6.07) is 10.2. The summed E-state index contributed by atoms with van der Waals surface area (Å²) in [4.78, 5) is 0. The van der Waals surface area contributed by atoms with Gasteiger partial charge in [-0.1, -0.05) is 36.4 Å². The molecule has 108 valence electrons. The van der Waals surface area contributed by atoms with Gasteiger partial charge in [-0.25, -0.2) is 0 Å². The molecule has 0 radical (unpaired) electrons. The molecule has 1 saturated heterocycles. The Morgan fingerprint density at radius 3 is 2.65 bits per heavy atom. The Bertz CT molecular complexity index is 468. The Labute approximate surface area is 120 Å². The maximum absolute atomic E-state index is 6.08. The van der Waals surface area contributed by atoms with Crippen LogP contribution in [-0.4, -0.2) is 24.1 Å². The van der Waals surface area contributed by atoms with E-state index in [0.717, 1.165) is 6.42 Å². The molecule has 1 aliphatic carbocycles. The number of hydrogen-bond acceptors (Lipinski definition) is 3. The summed E-state index contributed by atoms with van der Waals surface area (Å²) in [5.41, 5.74) is 1.18. The molecule has 0 amide bonds. The van der Waals surface area contributed by atoms with Gasteiger partial charge in [-0.2, -0.15) is 0 Å². The van der Waals surface area contributed by atoms with Crippen LogP contribution in [0, 0.1) is 5.92 Å². The molecule has 1 heterocycles. The lowest BCUT2D eigenvalue weighted by Crippen LogP contribution is -2.30. The van der Waals surface area contributed by atoms with Crippen molar-refractivity contribution < 1.29 is 14.2 Å². The molecule has 1 aliphatic heterocycles. The smallest absolute Gasteiger partial charge is 0.163 e. The molecule has 2 fully saturated rings. The number of rotatable bonds is 4. The Morgan fingerprint density at radius 1 is 1.25 bits per heavy atom. The summed E-state index contributed by atoms with van der Waals surface area (Å²) in [7, 11) is 0. The van der Waals surface area contributed by atoms with Gasteiger partial charge < -0.3 is 14.2 Å². The van der Waals surface area contributed by atoms with Crippen LogP contribution in [0.25, 0.3) is 0 Å². The van der Waals surface area contributed by atoms with Crippen molar-refractivity contribution in [3.05, 3.63) is 48.6 Å². The topological polar surface area (TPSA) is 27.7 Å². The molecule has 2 aliphatic rings. The van der Waals surface area contributed by atoms with Crippen LogP contribution in [0.15, 0.2) is 43.0 Å². The van der Waals surface area contributed by atoms with Gasteiger partial charge in [0, 0.05) is 5.92 Å². The Morgan fingerprint density at radius 2 is 1.95 bits per heavy atom. The largest absolute Gasteiger partial charge is 0.371 e. The number of benzene rings is 1. The van der Waals surface area contributed by atoms with Gasteiger partial charge in [0.2, 0.25) is 0 Å². The summed E-state index contributed by atoms with van der Waals surface area (Å²) in [6.07, 6.45) is 3.04. The van der Waals surface area contributed by atoms with Crippen LogP contribution in [0.5, 0.6) is 0 Å². The van der Waals surface area contributed by atoms with Crippen molar-refractivity contribution in [3.63, 3.8) is 0 Å². The number of hydrogen-bond donors (Lipinski definition) is 0. The van der Waals surface area contributed by atoms with Crippen LogP contribution in [0.2, 0.25) is 0 Å². The first-order valence-corrected chi connectivity index (χ1v) is 7.23. The second-order valence-electron chi connectivity index (χ2n) is 6.04. The van der Waals surface area contributed by atoms with Crippen LogP contribution in [0.4, 0.5) is 0 Å². The van der Waals surface area contributed by atoms with Crippen molar-refractivity contribution in [2.75, 3.05) is 0 Å². The van der Waals surface area contributed by atoms with Crippen molar-refractivity contribution >= 4 is 0 Å². The Hall–Kier alpha value is -1.16. The zero-order valence-electron chi connectivity index (χ0n) is 12.1. The zero-order chi connectivity index (χ0) is 14.2. The van der Waals surface area contributed by atoms with Crippen LogP contribution in [0.1, 0.15) is 25.8 Å². The van der Waals surface area contributed by atoms with Crippen LogP contribution < -0.4 is 0 Å². The monoisotopic (exact) mass is 274 g/mol. The molecule has 3 heteroatoms. The molecule has 1 saturated carbocycles. The van der Waals surface area contributed by atoms with Crippen LogP contribution >= 0.6 is 0 Å². The highest BCUT2D eigenvalue weighted by Gasteiger charge is 2.53. The molecule has 4 atom stereocenters. The highest BCUT2D eigenvalue weighted by molar-refractivity contribution is 5.14. The predicted octanol–water partition coefficient (Wildman–Crippen LogP) is 3.30. The average Bonchev–Trinajstić information content (AvgIpc) is 2.91. The summed E-state index contributed by atoms with van der Waals surface area (Å²) < 4.78 is 18.1. The first-order valence-electron chi connectivity index (χ1n) is 7.23. The molecule has 0 unspecified atom stereocenters. The standard InChI is InChI=1S/C17H22O3/c1-4-13-10-14(16-15(13)19-17(2,3)20-16)18-11-12-8-6-5-7-9-12/h4-9,13-16H,1,10-11H2,2-3H3/t13-,14-,15+,16-/m0/s1. The van der Waals surface area contributed by atoms with Crippen LogP contribution in [-0.2, 0) is 20.8 Å². The molecule has 0 spiro atoms. The van der Waals surface area contributed by atoms with Gasteiger partial charge in [0.1, 0.15) is 6.10 Å². The highest BCUT2D eigenvalue weighted by atomic mass is 16.8. The van der Waals surface area contributed by atoms with Crippen molar-refractivity contribution in [3.8, 4) is 0 Å². The summed E-state index contributed by atoms with van der Waals surface area (Å²) >= 11 is 0. The summed E-state index contributed by atoms with van der Waals surface area (Å²) in [6.45, 7) is 8.44. The lowest BCUT2D eigenvalue weighted by molar-refractivity contribution is -0.170. The number of ether oxygens (including phenoxy) is 3. The first-order chi connectivity index (χ1) is 9.59. The van der Waals surface area contributed by atoms with E-state index < -0.39 is 5.79 Å². The molecule has 20 heavy (non-hydrogen) atoms. The van der Waals surface area contributed by atoms with E-state index in [9.17, 15) is 0 Å². The molecule has 3 rings (SSSR count). The van der Waals surface area contributed by atoms with E-state index in [4.69, 9.17) is 14.2 Å². The lowest BCUT2D eigenvalue weighted by atomic mass is 10.1. The molecular formula is C17H22O3. The molecule has 0 aromatic heterocycles. The van der Waals surface area contributed by atoms with Crippen molar-refractivity contribution in [1.29, 1.82) is 0 Å². The molecule has 1 aromatic carbocycles. The van der Waals surface area contributed by atoms with E-state index in [-0.39, 0.29) is 18.3 Å². The third-order valence-electron chi connectivity index (χ3n) is 4.07. The van der Waals surface area contributed by atoms with Crippen LogP contribution in [0.3, 0.4) is 0 Å². The van der Waals surface area contributed by atoms with Gasteiger partial charge in [0.25, 0.3) is 0 Å². The fourth-order valence-corrected chi connectivity index (χ4v) is 3.14. The van der Waals surface area contributed by atoms with E-state index >= 15 is 0 Å². The maximum Gasteiger partial charge on any atom is 0.163 e. The number of fused-ring (bicyclic) bond motifs is 1. The van der Waals surface area contributed by atoms with E-state index in [2.05, 4.69) is 18.7 Å². The average molecular weight is 274 g/mol. The quantitative estimate of drug-likeness (QED) is 0.788. The second-order valence-corrected chi connectivity index (χ2v) is 6.04. The summed E-state index contributed by atoms with van der Waals surface area (Å²) in [5, 5.41) is 0. The molecule has 3 nitrogen and oxygen atoms in total. The second kappa shape index (κ2) is 5.32. The minimum atomic E-state index is -0.522. The first kappa shape index (κ1) is 13.8. The maximum atomic E-state index is 6.08. The zero-order valence-corrected chi connectivity index (χ0v) is 12.1. The minimum Gasteiger partial charge on any atom is -0.371 e. The van der Waals surface area contributed by atoms with Gasteiger partial charge in [0.05, 0.1) is 18.8 Å². The fraction of sp³-hybridized carbons (Fsp3) is 0.529. The normalized spacial score (nSPS) is 34.9. The molecule has 0 bridgehead atoms. The lowest BCUT2D eigenvalue weighted by Gasteiger charge is -2.23. The Kier molecular flexibility index (Phi) is 3.67. The van der Waals surface area contributed by atoms with Crippen molar-refractivity contribution in [2.24, 2.45) is 5.92 Å². The highest BCUT2D eigenvalue weighted by Crippen LogP contribution is 2.43. The van der Waals surface area contributed by atoms with Crippen molar-refractivity contribution in [1.82, 2.24) is 0 Å². The molecule has 0 N–H and O–H groups in total. The van der Waals surface area contributed by atoms with E-state index in [0.29, 0.717) is 12.5 Å². The SMILES string of the molecule is C=C[C@H]1C[C@H](OCc2ccccc2)[C@@H]2OC(C)(C)O[C@@H]21. The Balaban J connectivity index is 1.66. The summed E-state index contributed by atoms with van der Waals surface area (Å²) in [5.74, 6) is -0.215. The predicted molar refractivity (Wildman–Crippen MR) is 77.1 cm³/mol. The van der Waals surface area contributed by atoms with Crippen molar-refractivity contribution in [2.45, 2.75) is 51.0 Å². The van der Waals surface area contributed by atoms with Gasteiger partial charge in [-0.3, -0.25) is 0 Å². The van der Waals surface area contributed by atoms with Gasteiger partial charge in [0.15, 0.2) is 5.79 Å². The fourth-order valence-electron chi connectivity index (χ4n) is 3.14. The van der Waals surface area contributed by atoms with E-state index in [1.165, 1.54) is 5.56 Å². The van der Waals surface area contributed by atoms with Gasteiger partial charge in [-0.15, -0.1) is 6.58 Å². The third-order valence-corrected chi connectivity index (χ3v) is 4.07. The van der Waals surface area contributed by atoms with E-state index in [1.807, 2.05) is 38.1 Å². The van der Waals surface area contributed by atoms with Gasteiger partial charge in [-0.05, 0) is 25.8 Å². The van der Waals surface area contributed by atoms with E-state index in [1.54, 1.807) is 0 Å². The molecular weight excluding hydrogens is 252 g/mol. The molecule has 1 aromatic rings. The third kappa shape index (κ3) is 2.66.